The van der Waals surface area contributed by atoms with Crippen LogP contribution in [-0.4, -0.2) is 31.9 Å². The average Bonchev–Trinajstić information content (AvgIpc) is 2.25. The first-order valence-corrected chi connectivity index (χ1v) is 8.60. The summed E-state index contributed by atoms with van der Waals surface area (Å²) >= 11 is 0. The van der Waals surface area contributed by atoms with E-state index in [1.807, 2.05) is 19.9 Å². The van der Waals surface area contributed by atoms with Crippen LogP contribution >= 0.6 is 0 Å². The number of allylic oxidation sites excluding steroid dienone is 1. The quantitative estimate of drug-likeness (QED) is 0.454. The summed E-state index contributed by atoms with van der Waals surface area (Å²) in [6.07, 6.45) is 5.53. The highest BCUT2D eigenvalue weighted by molar-refractivity contribution is 7.89. The van der Waals surface area contributed by atoms with Crippen LogP contribution in [0.1, 0.15) is 52.9 Å². The van der Waals surface area contributed by atoms with Crippen molar-refractivity contribution in [2.24, 2.45) is 5.41 Å². The maximum absolute atomic E-state index is 11.8. The molecular weight excluding hydrogens is 262 g/mol. The summed E-state index contributed by atoms with van der Waals surface area (Å²) in [6, 6.07) is 0. The zero-order chi connectivity index (χ0) is 14.9. The van der Waals surface area contributed by atoms with Gasteiger partial charge in [-0.3, -0.25) is 0 Å². The molecule has 114 valence electrons. The molecule has 0 aliphatic heterocycles. The van der Waals surface area contributed by atoms with Crippen LogP contribution in [0, 0.1) is 5.41 Å². The Morgan fingerprint density at radius 1 is 1.32 bits per heavy atom. The molecule has 2 N–H and O–H groups in total. The van der Waals surface area contributed by atoms with Crippen molar-refractivity contribution in [3.05, 3.63) is 12.7 Å². The number of unbranched alkanes of at least 4 members (excludes halogenated alkanes) is 3. The van der Waals surface area contributed by atoms with Crippen LogP contribution < -0.4 is 4.72 Å². The first kappa shape index (κ1) is 18.6. The predicted octanol–water partition coefficient (Wildman–Crippen LogP) is 2.45. The van der Waals surface area contributed by atoms with Crippen LogP contribution in [0.25, 0.3) is 0 Å². The molecule has 0 spiro atoms. The van der Waals surface area contributed by atoms with Crippen molar-refractivity contribution in [1.82, 2.24) is 4.72 Å². The van der Waals surface area contributed by atoms with Crippen molar-refractivity contribution in [2.45, 2.75) is 59.0 Å². The third kappa shape index (κ3) is 11.2. The van der Waals surface area contributed by atoms with E-state index in [2.05, 4.69) is 11.3 Å². The lowest BCUT2D eigenvalue weighted by Gasteiger charge is -2.26. The van der Waals surface area contributed by atoms with Gasteiger partial charge in [-0.25, -0.2) is 13.1 Å². The highest BCUT2D eigenvalue weighted by atomic mass is 32.2. The van der Waals surface area contributed by atoms with E-state index >= 15 is 0 Å². The zero-order valence-electron chi connectivity index (χ0n) is 12.5. The van der Waals surface area contributed by atoms with Crippen molar-refractivity contribution < 1.29 is 13.5 Å². The zero-order valence-corrected chi connectivity index (χ0v) is 13.3. The number of rotatable bonds is 11. The van der Waals surface area contributed by atoms with Gasteiger partial charge in [0.1, 0.15) is 0 Å². The Bertz CT molecular complexity index is 348. The van der Waals surface area contributed by atoms with Gasteiger partial charge in [-0.05, 0) is 38.0 Å². The normalized spacial score (nSPS) is 14.3. The molecule has 5 heteroatoms. The van der Waals surface area contributed by atoms with E-state index in [1.54, 1.807) is 6.92 Å². The molecule has 0 radical (unpaired) electrons. The molecule has 0 aliphatic rings. The Labute approximate surface area is 118 Å². The Kier molecular flexibility index (Phi) is 8.54. The van der Waals surface area contributed by atoms with Gasteiger partial charge in [0.05, 0.1) is 11.9 Å². The molecule has 4 nitrogen and oxygen atoms in total. The number of nitrogens with one attached hydrogen (secondary N) is 1. The van der Waals surface area contributed by atoms with E-state index in [4.69, 9.17) is 0 Å². The summed E-state index contributed by atoms with van der Waals surface area (Å²) in [7, 11) is -3.20. The molecule has 0 saturated carbocycles. The number of aliphatic hydroxyl groups excluding tert-OH is 1. The van der Waals surface area contributed by atoms with Crippen molar-refractivity contribution in [1.29, 1.82) is 0 Å². The molecule has 0 amide bonds. The number of sulfonamides is 1. The van der Waals surface area contributed by atoms with Crippen LogP contribution in [-0.2, 0) is 10.0 Å². The van der Waals surface area contributed by atoms with Crippen molar-refractivity contribution in [3.63, 3.8) is 0 Å². The maximum atomic E-state index is 11.8. The van der Waals surface area contributed by atoms with Crippen molar-refractivity contribution in [2.75, 3.05) is 12.3 Å². The fraction of sp³-hybridized carbons (Fsp3) is 0.857. The van der Waals surface area contributed by atoms with E-state index < -0.39 is 16.1 Å². The minimum Gasteiger partial charge on any atom is -0.393 e. The Hall–Kier alpha value is -0.390. The largest absolute Gasteiger partial charge is 0.393 e. The maximum Gasteiger partial charge on any atom is 0.211 e. The molecule has 0 aliphatic carbocycles. The van der Waals surface area contributed by atoms with Gasteiger partial charge in [-0.15, -0.1) is 6.58 Å². The van der Waals surface area contributed by atoms with Gasteiger partial charge in [0, 0.05) is 6.54 Å². The standard InChI is InChI=1S/C14H29NO3S/c1-5-6-7-8-9-10-19(17,18)15-12-14(3,4)11-13(2)16/h5,13,15-16H,1,6-12H2,2-4H3. The van der Waals surface area contributed by atoms with Crippen LogP contribution in [0.15, 0.2) is 12.7 Å². The molecule has 1 unspecified atom stereocenters. The molecule has 0 aromatic rings. The predicted molar refractivity (Wildman–Crippen MR) is 80.5 cm³/mol. The van der Waals surface area contributed by atoms with E-state index in [0.717, 1.165) is 19.3 Å². The van der Waals surface area contributed by atoms with E-state index in [0.29, 0.717) is 19.4 Å². The van der Waals surface area contributed by atoms with Gasteiger partial charge in [0.2, 0.25) is 10.0 Å². The fourth-order valence-electron chi connectivity index (χ4n) is 2.01. The molecule has 0 rings (SSSR count). The topological polar surface area (TPSA) is 66.4 Å². The fourth-order valence-corrected chi connectivity index (χ4v) is 3.35. The van der Waals surface area contributed by atoms with Gasteiger partial charge in [-0.2, -0.15) is 0 Å². The Balaban J connectivity index is 3.99. The molecule has 19 heavy (non-hydrogen) atoms. The highest BCUT2D eigenvalue weighted by Gasteiger charge is 2.22. The lowest BCUT2D eigenvalue weighted by Crippen LogP contribution is -2.36. The Morgan fingerprint density at radius 3 is 2.47 bits per heavy atom. The highest BCUT2D eigenvalue weighted by Crippen LogP contribution is 2.21. The van der Waals surface area contributed by atoms with Crippen LogP contribution in [0.2, 0.25) is 0 Å². The average molecular weight is 291 g/mol. The van der Waals surface area contributed by atoms with Gasteiger partial charge in [-0.1, -0.05) is 26.3 Å². The van der Waals surface area contributed by atoms with Crippen LogP contribution in [0.5, 0.6) is 0 Å². The summed E-state index contributed by atoms with van der Waals surface area (Å²) in [4.78, 5) is 0. The smallest absolute Gasteiger partial charge is 0.211 e. The van der Waals surface area contributed by atoms with E-state index in [1.165, 1.54) is 0 Å². The molecule has 0 fully saturated rings. The van der Waals surface area contributed by atoms with Crippen LogP contribution in [0.4, 0.5) is 0 Å². The number of aliphatic hydroxyl groups is 1. The first-order valence-electron chi connectivity index (χ1n) is 6.95. The molecule has 0 aromatic heterocycles. The third-order valence-electron chi connectivity index (χ3n) is 2.94. The third-order valence-corrected chi connectivity index (χ3v) is 4.35. The second-order valence-corrected chi connectivity index (χ2v) is 7.92. The van der Waals surface area contributed by atoms with Gasteiger partial charge >= 0.3 is 0 Å². The molecule has 0 aromatic carbocycles. The minimum absolute atomic E-state index is 0.175. The van der Waals surface area contributed by atoms with Gasteiger partial charge < -0.3 is 5.11 Å². The molecular formula is C14H29NO3S. The second kappa shape index (κ2) is 8.72. The van der Waals surface area contributed by atoms with Crippen LogP contribution in [0.3, 0.4) is 0 Å². The molecule has 0 saturated heterocycles. The molecule has 1 atom stereocenters. The van der Waals surface area contributed by atoms with E-state index in [9.17, 15) is 13.5 Å². The number of hydrogen-bond donors (Lipinski definition) is 2. The summed E-state index contributed by atoms with van der Waals surface area (Å²) in [5, 5.41) is 9.36. The monoisotopic (exact) mass is 291 g/mol. The summed E-state index contributed by atoms with van der Waals surface area (Å²) in [5.74, 6) is 0.175. The first-order chi connectivity index (χ1) is 8.68. The number of hydrogen-bond acceptors (Lipinski definition) is 3. The summed E-state index contributed by atoms with van der Waals surface area (Å²) in [5.41, 5.74) is -0.232. The Morgan fingerprint density at radius 2 is 1.95 bits per heavy atom. The lowest BCUT2D eigenvalue weighted by molar-refractivity contribution is 0.131. The molecule has 0 bridgehead atoms. The SMILES string of the molecule is C=CCCCCCS(=O)(=O)NCC(C)(C)CC(C)O. The second-order valence-electron chi connectivity index (χ2n) is 6.00. The molecule has 0 heterocycles. The van der Waals surface area contributed by atoms with Gasteiger partial charge in [0.25, 0.3) is 0 Å². The summed E-state index contributed by atoms with van der Waals surface area (Å²) in [6.45, 7) is 9.62. The lowest BCUT2D eigenvalue weighted by atomic mass is 9.87. The van der Waals surface area contributed by atoms with Crippen molar-refractivity contribution >= 4 is 10.0 Å². The minimum atomic E-state index is -3.20. The van der Waals surface area contributed by atoms with E-state index in [-0.39, 0.29) is 11.2 Å². The summed E-state index contributed by atoms with van der Waals surface area (Å²) < 4.78 is 26.2. The van der Waals surface area contributed by atoms with Crippen molar-refractivity contribution in [3.8, 4) is 0 Å². The van der Waals surface area contributed by atoms with Gasteiger partial charge in [0.15, 0.2) is 0 Å².